The summed E-state index contributed by atoms with van der Waals surface area (Å²) in [5.74, 6) is -3.39. The van der Waals surface area contributed by atoms with Crippen molar-refractivity contribution in [3.8, 4) is 0 Å². The number of aliphatic carboxylic acids is 1. The Morgan fingerprint density at radius 1 is 1.13 bits per heavy atom. The van der Waals surface area contributed by atoms with Gasteiger partial charge >= 0.3 is 12.1 Å². The maximum absolute atomic E-state index is 13.4. The van der Waals surface area contributed by atoms with Gasteiger partial charge in [-0.15, -0.1) is 0 Å². The van der Waals surface area contributed by atoms with Gasteiger partial charge in [0.15, 0.2) is 6.61 Å². The van der Waals surface area contributed by atoms with Crippen LogP contribution in [0.3, 0.4) is 0 Å². The van der Waals surface area contributed by atoms with Gasteiger partial charge < -0.3 is 20.5 Å². The second kappa shape index (κ2) is 7.68. The fourth-order valence-electron chi connectivity index (χ4n) is 5.29. The fraction of sp³-hybridized carbons (Fsp3) is 0.476. The van der Waals surface area contributed by atoms with Crippen LogP contribution in [0.1, 0.15) is 32.6 Å². The molecule has 3 aliphatic carbocycles. The number of rotatable bonds is 5. The second-order valence-electron chi connectivity index (χ2n) is 8.33. The highest BCUT2D eigenvalue weighted by Crippen LogP contribution is 2.55. The van der Waals surface area contributed by atoms with Crippen molar-refractivity contribution in [2.45, 2.75) is 38.1 Å². The molecule has 10 nitrogen and oxygen atoms in total. The van der Waals surface area contributed by atoms with Crippen LogP contribution in [0.4, 0.5) is 16.2 Å². The van der Waals surface area contributed by atoms with Crippen LogP contribution >= 0.6 is 0 Å². The second-order valence-corrected chi connectivity index (χ2v) is 8.33. The lowest BCUT2D eigenvalue weighted by Crippen LogP contribution is -2.63. The van der Waals surface area contributed by atoms with Crippen LogP contribution in [0.2, 0.25) is 0 Å². The smallest absolute Gasteiger partial charge is 0.408 e. The minimum Gasteiger partial charge on any atom is -0.479 e. The van der Waals surface area contributed by atoms with E-state index in [9.17, 15) is 24.0 Å². The molecule has 4 fully saturated rings. The minimum absolute atomic E-state index is 0.0591. The summed E-state index contributed by atoms with van der Waals surface area (Å²) in [7, 11) is 0. The molecule has 0 radical (unpaired) electrons. The van der Waals surface area contributed by atoms with Crippen molar-refractivity contribution in [3.63, 3.8) is 0 Å². The van der Waals surface area contributed by atoms with Crippen LogP contribution in [0, 0.1) is 17.8 Å². The summed E-state index contributed by atoms with van der Waals surface area (Å²) in [4.78, 5) is 61.9. The summed E-state index contributed by atoms with van der Waals surface area (Å²) >= 11 is 0. The third-order valence-electron chi connectivity index (χ3n) is 6.50. The van der Waals surface area contributed by atoms with Gasteiger partial charge in [0.2, 0.25) is 17.7 Å². The average molecular weight is 429 g/mol. The number of hydrogen-bond acceptors (Lipinski definition) is 6. The lowest BCUT2D eigenvalue weighted by Gasteiger charge is -2.51. The number of carbonyl (C=O) groups is 5. The minimum atomic E-state index is -1.28. The molecule has 0 aromatic heterocycles. The van der Waals surface area contributed by atoms with E-state index < -0.39 is 36.0 Å². The molecule has 1 aromatic rings. The van der Waals surface area contributed by atoms with Crippen molar-refractivity contribution < 1.29 is 33.8 Å². The summed E-state index contributed by atoms with van der Waals surface area (Å²) in [5, 5.41) is 14.1. The van der Waals surface area contributed by atoms with Gasteiger partial charge in [-0.3, -0.25) is 14.4 Å². The maximum atomic E-state index is 13.4. The molecule has 31 heavy (non-hydrogen) atoms. The standard InChI is InChI=1S/C21H23N3O7/c1-11(25)22-13-2-4-14(5-3-13)24-18(28)16-12-6-8-21(9-7-12,17(16)19(24)29)23-20(30)31-10-15(26)27/h2-5,12,16-17H,6-10H2,1H3,(H,22,25)(H,23,30)(H,26,27)/t12?,16-,17+,21?/m1/s1. The number of anilines is 2. The highest BCUT2D eigenvalue weighted by atomic mass is 16.6. The molecule has 3 N–H and O–H groups in total. The van der Waals surface area contributed by atoms with Crippen molar-refractivity contribution in [3.05, 3.63) is 24.3 Å². The summed E-state index contributed by atoms with van der Waals surface area (Å²) in [6.45, 7) is 0.605. The van der Waals surface area contributed by atoms with Crippen LogP contribution in [-0.2, 0) is 23.9 Å². The molecule has 4 amide bonds. The molecule has 2 atom stereocenters. The van der Waals surface area contributed by atoms with E-state index in [1.807, 2.05) is 0 Å². The molecule has 1 aromatic carbocycles. The van der Waals surface area contributed by atoms with Crippen molar-refractivity contribution in [1.82, 2.24) is 5.32 Å². The van der Waals surface area contributed by atoms with Gasteiger partial charge in [0.1, 0.15) is 0 Å². The number of carboxylic acid groups (broad SMARTS) is 1. The van der Waals surface area contributed by atoms with Gasteiger partial charge in [-0.2, -0.15) is 0 Å². The molecule has 3 saturated carbocycles. The van der Waals surface area contributed by atoms with Gasteiger partial charge in [-0.25, -0.2) is 14.5 Å². The Labute approximate surface area is 177 Å². The number of carboxylic acids is 1. The molecule has 1 saturated heterocycles. The molecule has 164 valence electrons. The van der Waals surface area contributed by atoms with Crippen LogP contribution in [0.25, 0.3) is 0 Å². The lowest BCUT2D eigenvalue weighted by atomic mass is 9.55. The topological polar surface area (TPSA) is 142 Å². The number of nitrogens with zero attached hydrogens (tertiary/aromatic N) is 1. The van der Waals surface area contributed by atoms with E-state index in [0.29, 0.717) is 37.1 Å². The summed E-state index contributed by atoms with van der Waals surface area (Å²) in [6.07, 6.45) is 1.52. The molecular formula is C21H23N3O7. The van der Waals surface area contributed by atoms with Crippen molar-refractivity contribution in [1.29, 1.82) is 0 Å². The number of nitrogens with one attached hydrogen (secondary N) is 2. The average Bonchev–Trinajstić information content (AvgIpc) is 3.00. The molecule has 0 unspecified atom stereocenters. The normalized spacial score (nSPS) is 28.8. The summed E-state index contributed by atoms with van der Waals surface area (Å²) in [6, 6.07) is 6.43. The fourth-order valence-corrected chi connectivity index (χ4v) is 5.29. The first kappa shape index (κ1) is 20.8. The molecule has 2 bridgehead atoms. The van der Waals surface area contributed by atoms with Crippen LogP contribution < -0.4 is 15.5 Å². The van der Waals surface area contributed by atoms with E-state index in [4.69, 9.17) is 9.84 Å². The molecule has 5 rings (SSSR count). The first-order valence-electron chi connectivity index (χ1n) is 10.1. The first-order chi connectivity index (χ1) is 14.7. The van der Waals surface area contributed by atoms with Crippen LogP contribution in [-0.4, -0.2) is 47.0 Å². The number of amides is 4. The molecule has 4 aliphatic rings. The zero-order valence-electron chi connectivity index (χ0n) is 16.9. The zero-order valence-corrected chi connectivity index (χ0v) is 16.9. The Balaban J connectivity index is 1.59. The third kappa shape index (κ3) is 3.62. The Hall–Kier alpha value is -3.43. The van der Waals surface area contributed by atoms with Crippen molar-refractivity contribution in [2.24, 2.45) is 17.8 Å². The highest BCUT2D eigenvalue weighted by Gasteiger charge is 2.65. The largest absolute Gasteiger partial charge is 0.479 e. The van der Waals surface area contributed by atoms with E-state index >= 15 is 0 Å². The van der Waals surface area contributed by atoms with Gasteiger partial charge in [0.25, 0.3) is 0 Å². The van der Waals surface area contributed by atoms with E-state index in [1.54, 1.807) is 24.3 Å². The Bertz CT molecular complexity index is 950. The van der Waals surface area contributed by atoms with Crippen LogP contribution in [0.15, 0.2) is 24.3 Å². The molecule has 0 spiro atoms. The number of benzene rings is 1. The van der Waals surface area contributed by atoms with Gasteiger partial charge in [0, 0.05) is 12.6 Å². The Kier molecular flexibility index (Phi) is 5.16. The number of fused-ring (bicyclic) bond motifs is 2. The van der Waals surface area contributed by atoms with E-state index in [2.05, 4.69) is 10.6 Å². The quantitative estimate of drug-likeness (QED) is 0.602. The predicted octanol–water partition coefficient (Wildman–Crippen LogP) is 1.50. The van der Waals surface area contributed by atoms with Crippen molar-refractivity contribution in [2.75, 3.05) is 16.8 Å². The van der Waals surface area contributed by atoms with E-state index in [1.165, 1.54) is 6.92 Å². The van der Waals surface area contributed by atoms with Gasteiger partial charge in [-0.1, -0.05) is 0 Å². The zero-order chi connectivity index (χ0) is 22.3. The van der Waals surface area contributed by atoms with Crippen LogP contribution in [0.5, 0.6) is 0 Å². The molecule has 1 aliphatic heterocycles. The first-order valence-corrected chi connectivity index (χ1v) is 10.1. The number of alkyl carbamates (subject to hydrolysis) is 1. The lowest BCUT2D eigenvalue weighted by molar-refractivity contribution is -0.140. The van der Waals surface area contributed by atoms with Crippen molar-refractivity contribution >= 4 is 41.2 Å². The summed E-state index contributed by atoms with van der Waals surface area (Å²) < 4.78 is 4.72. The highest BCUT2D eigenvalue weighted by molar-refractivity contribution is 6.23. The molecule has 10 heteroatoms. The monoisotopic (exact) mass is 429 g/mol. The number of hydrogen-bond donors (Lipinski definition) is 3. The van der Waals surface area contributed by atoms with Gasteiger partial charge in [-0.05, 0) is 55.9 Å². The van der Waals surface area contributed by atoms with E-state index in [-0.39, 0.29) is 23.6 Å². The SMILES string of the molecule is CC(=O)Nc1ccc(N2C(=O)[C@@H]3C4CCC(NC(=O)OCC(=O)O)(CC4)[C@@H]3C2=O)cc1. The molecular weight excluding hydrogens is 406 g/mol. The number of imide groups is 1. The number of ether oxygens (including phenoxy) is 1. The summed E-state index contributed by atoms with van der Waals surface area (Å²) in [5.41, 5.74) is 0.0146. The Morgan fingerprint density at radius 2 is 1.77 bits per heavy atom. The Morgan fingerprint density at radius 3 is 2.35 bits per heavy atom. The maximum Gasteiger partial charge on any atom is 0.408 e. The van der Waals surface area contributed by atoms with E-state index in [0.717, 1.165) is 4.90 Å². The third-order valence-corrected chi connectivity index (χ3v) is 6.50. The molecule has 1 heterocycles. The predicted molar refractivity (Wildman–Crippen MR) is 107 cm³/mol. The van der Waals surface area contributed by atoms with Gasteiger partial charge in [0.05, 0.1) is 23.1 Å². The number of carbonyl (C=O) groups excluding carboxylic acids is 4.